The van der Waals surface area contributed by atoms with Crippen molar-refractivity contribution < 1.29 is 18.7 Å². The topological polar surface area (TPSA) is 59.3 Å². The summed E-state index contributed by atoms with van der Waals surface area (Å²) in [4.78, 5) is 12.4. The van der Waals surface area contributed by atoms with Crippen LogP contribution in [0.3, 0.4) is 0 Å². The van der Waals surface area contributed by atoms with Crippen LogP contribution in [0, 0.1) is 17.1 Å². The van der Waals surface area contributed by atoms with Crippen molar-refractivity contribution in [1.82, 2.24) is 0 Å². The van der Waals surface area contributed by atoms with Gasteiger partial charge in [0.25, 0.3) is 0 Å². The fraction of sp³-hybridized carbons (Fsp3) is 0.200. The molecule has 0 bridgehead atoms. The van der Waals surface area contributed by atoms with Crippen LogP contribution in [-0.4, -0.2) is 19.0 Å². The zero-order valence-corrected chi connectivity index (χ0v) is 14.2. The van der Waals surface area contributed by atoms with Gasteiger partial charge in [-0.25, -0.2) is 4.39 Å². The molecule has 0 aliphatic rings. The largest absolute Gasteiger partial charge is 0.493 e. The molecular formula is C20H18FNO3. The highest BCUT2D eigenvalue weighted by atomic mass is 19.1. The van der Waals surface area contributed by atoms with Crippen LogP contribution in [0.15, 0.2) is 48.0 Å². The van der Waals surface area contributed by atoms with Gasteiger partial charge in [-0.3, -0.25) is 4.79 Å². The van der Waals surface area contributed by atoms with Gasteiger partial charge in [0.1, 0.15) is 17.5 Å². The molecule has 0 unspecified atom stereocenters. The molecule has 0 aliphatic carbocycles. The van der Waals surface area contributed by atoms with Gasteiger partial charge < -0.3 is 9.47 Å². The monoisotopic (exact) mass is 339 g/mol. The Labute approximate surface area is 146 Å². The Hall–Kier alpha value is -3.13. The molecule has 0 radical (unpaired) electrons. The average molecular weight is 339 g/mol. The number of halogens is 1. The van der Waals surface area contributed by atoms with Gasteiger partial charge in [-0.1, -0.05) is 18.2 Å². The van der Waals surface area contributed by atoms with Crippen molar-refractivity contribution in [2.75, 3.05) is 7.11 Å². The van der Waals surface area contributed by atoms with Crippen LogP contribution >= 0.6 is 0 Å². The second kappa shape index (κ2) is 8.11. The molecule has 2 aromatic carbocycles. The maximum atomic E-state index is 13.8. The fourth-order valence-electron chi connectivity index (χ4n) is 2.23. The van der Waals surface area contributed by atoms with Crippen LogP contribution < -0.4 is 9.47 Å². The predicted molar refractivity (Wildman–Crippen MR) is 93.1 cm³/mol. The second-order valence-electron chi connectivity index (χ2n) is 5.56. The van der Waals surface area contributed by atoms with E-state index in [-0.39, 0.29) is 17.2 Å². The number of allylic oxidation sites excluding steroid dienone is 1. The Morgan fingerprint density at radius 2 is 1.92 bits per heavy atom. The molecule has 2 rings (SSSR count). The summed E-state index contributed by atoms with van der Waals surface area (Å²) in [6.45, 7) is 3.79. The molecule has 25 heavy (non-hydrogen) atoms. The Kier molecular flexibility index (Phi) is 5.91. The summed E-state index contributed by atoms with van der Waals surface area (Å²) in [6.07, 6.45) is 1.38. The summed E-state index contributed by atoms with van der Waals surface area (Å²) in [6, 6.07) is 12.5. The van der Waals surface area contributed by atoms with Crippen molar-refractivity contribution in [3.63, 3.8) is 0 Å². The molecule has 0 spiro atoms. The SMILES string of the molecule is COc1cc(/C=C(\C#N)C(=O)c2ccccc2F)ccc1OC(C)C. The van der Waals surface area contributed by atoms with Crippen LogP contribution in [0.25, 0.3) is 6.08 Å². The smallest absolute Gasteiger partial charge is 0.206 e. The molecule has 128 valence electrons. The predicted octanol–water partition coefficient (Wildman–Crippen LogP) is 4.41. The van der Waals surface area contributed by atoms with Crippen LogP contribution in [-0.2, 0) is 0 Å². The number of carbonyl (C=O) groups is 1. The molecule has 0 saturated carbocycles. The number of ether oxygens (including phenoxy) is 2. The number of hydrogen-bond acceptors (Lipinski definition) is 4. The Morgan fingerprint density at radius 1 is 1.20 bits per heavy atom. The highest BCUT2D eigenvalue weighted by Crippen LogP contribution is 2.30. The zero-order chi connectivity index (χ0) is 18.4. The van der Waals surface area contributed by atoms with Crippen LogP contribution in [0.5, 0.6) is 11.5 Å². The molecular weight excluding hydrogens is 321 g/mol. The van der Waals surface area contributed by atoms with E-state index in [1.54, 1.807) is 24.3 Å². The number of carbonyl (C=O) groups excluding carboxylic acids is 1. The van der Waals surface area contributed by atoms with Gasteiger partial charge in [0, 0.05) is 0 Å². The normalized spacial score (nSPS) is 11.1. The Morgan fingerprint density at radius 3 is 2.52 bits per heavy atom. The quantitative estimate of drug-likeness (QED) is 0.444. The van der Waals surface area contributed by atoms with Gasteiger partial charge in [0.2, 0.25) is 5.78 Å². The first kappa shape index (κ1) is 18.2. The van der Waals surface area contributed by atoms with E-state index >= 15 is 0 Å². The lowest BCUT2D eigenvalue weighted by Gasteiger charge is -2.13. The highest BCUT2D eigenvalue weighted by molar-refractivity contribution is 6.14. The van der Waals surface area contributed by atoms with E-state index in [2.05, 4.69) is 0 Å². The molecule has 0 aromatic heterocycles. The number of benzene rings is 2. The van der Waals surface area contributed by atoms with E-state index in [0.717, 1.165) is 0 Å². The first-order valence-corrected chi connectivity index (χ1v) is 7.72. The lowest BCUT2D eigenvalue weighted by molar-refractivity contribution is 0.103. The van der Waals surface area contributed by atoms with Crippen molar-refractivity contribution in [2.45, 2.75) is 20.0 Å². The second-order valence-corrected chi connectivity index (χ2v) is 5.56. The van der Waals surface area contributed by atoms with Crippen molar-refractivity contribution in [1.29, 1.82) is 5.26 Å². The van der Waals surface area contributed by atoms with E-state index in [4.69, 9.17) is 9.47 Å². The van der Waals surface area contributed by atoms with Gasteiger partial charge in [-0.15, -0.1) is 0 Å². The molecule has 0 N–H and O–H groups in total. The lowest BCUT2D eigenvalue weighted by atomic mass is 10.0. The number of methoxy groups -OCH3 is 1. The summed E-state index contributed by atoms with van der Waals surface area (Å²) in [5.74, 6) is -0.277. The van der Waals surface area contributed by atoms with E-state index in [9.17, 15) is 14.4 Å². The Bertz CT molecular complexity index is 850. The number of nitrogens with zero attached hydrogens (tertiary/aromatic N) is 1. The summed E-state index contributed by atoms with van der Waals surface area (Å²) in [5, 5.41) is 9.29. The minimum atomic E-state index is -0.665. The summed E-state index contributed by atoms with van der Waals surface area (Å²) < 4.78 is 24.7. The fourth-order valence-corrected chi connectivity index (χ4v) is 2.23. The first-order chi connectivity index (χ1) is 12.0. The van der Waals surface area contributed by atoms with E-state index in [1.807, 2.05) is 19.9 Å². The minimum Gasteiger partial charge on any atom is -0.493 e. The molecule has 4 nitrogen and oxygen atoms in total. The third-order valence-corrected chi connectivity index (χ3v) is 3.34. The van der Waals surface area contributed by atoms with E-state index in [1.165, 1.54) is 31.4 Å². The summed E-state index contributed by atoms with van der Waals surface area (Å²) in [7, 11) is 1.51. The van der Waals surface area contributed by atoms with Gasteiger partial charge in [-0.2, -0.15) is 5.26 Å². The number of rotatable bonds is 6. The van der Waals surface area contributed by atoms with Gasteiger partial charge >= 0.3 is 0 Å². The third-order valence-electron chi connectivity index (χ3n) is 3.34. The van der Waals surface area contributed by atoms with Crippen LogP contribution in [0.4, 0.5) is 4.39 Å². The van der Waals surface area contributed by atoms with Gasteiger partial charge in [-0.05, 0) is 49.8 Å². The molecule has 5 heteroatoms. The van der Waals surface area contributed by atoms with Gasteiger partial charge in [0.05, 0.1) is 18.8 Å². The average Bonchev–Trinajstić information content (AvgIpc) is 2.60. The molecule has 0 saturated heterocycles. The number of hydrogen-bond donors (Lipinski definition) is 0. The maximum absolute atomic E-state index is 13.8. The van der Waals surface area contributed by atoms with Crippen LogP contribution in [0.2, 0.25) is 0 Å². The minimum absolute atomic E-state index is 0.0207. The molecule has 2 aromatic rings. The van der Waals surface area contributed by atoms with E-state index in [0.29, 0.717) is 17.1 Å². The molecule has 0 heterocycles. The molecule has 0 fully saturated rings. The van der Waals surface area contributed by atoms with Crippen molar-refractivity contribution in [3.05, 3.63) is 65.0 Å². The van der Waals surface area contributed by atoms with E-state index < -0.39 is 11.6 Å². The maximum Gasteiger partial charge on any atom is 0.206 e. The van der Waals surface area contributed by atoms with Gasteiger partial charge in [0.15, 0.2) is 11.5 Å². The lowest BCUT2D eigenvalue weighted by Crippen LogP contribution is -2.07. The standard InChI is InChI=1S/C20H18FNO3/c1-13(2)25-18-9-8-14(11-19(18)24-3)10-15(12-22)20(23)16-6-4-5-7-17(16)21/h4-11,13H,1-3H3/b15-10+. The molecule has 0 amide bonds. The summed E-state index contributed by atoms with van der Waals surface area (Å²) >= 11 is 0. The highest BCUT2D eigenvalue weighted by Gasteiger charge is 2.16. The number of ketones is 1. The Balaban J connectivity index is 2.38. The summed E-state index contributed by atoms with van der Waals surface area (Å²) in [5.41, 5.74) is 0.279. The van der Waals surface area contributed by atoms with Crippen LogP contribution in [0.1, 0.15) is 29.8 Å². The molecule has 0 aliphatic heterocycles. The molecule has 0 atom stereocenters. The number of nitriles is 1. The number of Topliss-reactive ketones (excluding diaryl/α,β-unsaturated/α-hetero) is 1. The zero-order valence-electron chi connectivity index (χ0n) is 14.2. The van der Waals surface area contributed by atoms with Crippen molar-refractivity contribution in [3.8, 4) is 17.6 Å². The first-order valence-electron chi connectivity index (χ1n) is 7.72. The van der Waals surface area contributed by atoms with Crippen molar-refractivity contribution in [2.24, 2.45) is 0 Å². The third kappa shape index (κ3) is 4.45. The van der Waals surface area contributed by atoms with Crippen molar-refractivity contribution >= 4 is 11.9 Å².